The first-order chi connectivity index (χ1) is 9.46. The van der Waals surface area contributed by atoms with Gasteiger partial charge in [-0.2, -0.15) is 0 Å². The summed E-state index contributed by atoms with van der Waals surface area (Å²) in [5, 5.41) is 3.51. The molecule has 20 heavy (non-hydrogen) atoms. The van der Waals surface area contributed by atoms with Gasteiger partial charge in [0.1, 0.15) is 9.84 Å². The fraction of sp³-hybridized carbons (Fsp3) is 0.600. The van der Waals surface area contributed by atoms with Crippen molar-refractivity contribution < 1.29 is 8.42 Å². The molecule has 0 heterocycles. The number of thioether (sulfide) groups is 1. The molecule has 0 aliphatic heterocycles. The van der Waals surface area contributed by atoms with Crippen molar-refractivity contribution in [2.24, 2.45) is 0 Å². The van der Waals surface area contributed by atoms with Crippen molar-refractivity contribution in [2.45, 2.75) is 37.1 Å². The van der Waals surface area contributed by atoms with Crippen molar-refractivity contribution in [1.82, 2.24) is 5.32 Å². The highest BCUT2D eigenvalue weighted by molar-refractivity contribution is 7.98. The van der Waals surface area contributed by atoms with E-state index in [0.29, 0.717) is 6.42 Å². The van der Waals surface area contributed by atoms with Crippen LogP contribution in [0.25, 0.3) is 0 Å². The summed E-state index contributed by atoms with van der Waals surface area (Å²) in [4.78, 5) is 1.25. The number of hydrogen-bond acceptors (Lipinski definition) is 4. The Morgan fingerprint density at radius 3 is 2.40 bits per heavy atom. The summed E-state index contributed by atoms with van der Waals surface area (Å²) in [7, 11) is -2.86. The van der Waals surface area contributed by atoms with Gasteiger partial charge in [-0.1, -0.05) is 19.1 Å². The Morgan fingerprint density at radius 2 is 1.90 bits per heavy atom. The van der Waals surface area contributed by atoms with Gasteiger partial charge in [-0.15, -0.1) is 11.8 Å². The minimum Gasteiger partial charge on any atom is -0.310 e. The number of sulfone groups is 1. The van der Waals surface area contributed by atoms with Crippen LogP contribution in [0.5, 0.6) is 0 Å². The molecule has 0 saturated carbocycles. The third-order valence-electron chi connectivity index (χ3n) is 3.17. The van der Waals surface area contributed by atoms with Crippen LogP contribution >= 0.6 is 11.8 Å². The number of rotatable bonds is 9. The summed E-state index contributed by atoms with van der Waals surface area (Å²) < 4.78 is 22.4. The normalized spacial score (nSPS) is 13.3. The van der Waals surface area contributed by atoms with Crippen LogP contribution < -0.4 is 5.32 Å². The van der Waals surface area contributed by atoms with Gasteiger partial charge in [-0.3, -0.25) is 0 Å². The summed E-state index contributed by atoms with van der Waals surface area (Å²) >= 11 is 1.73. The lowest BCUT2D eigenvalue weighted by atomic mass is 10.0. The molecule has 1 atom stereocenters. The molecule has 3 nitrogen and oxygen atoms in total. The maximum absolute atomic E-state index is 11.2. The Bertz CT molecular complexity index is 483. The van der Waals surface area contributed by atoms with Gasteiger partial charge >= 0.3 is 0 Å². The molecular formula is C15H25NO2S2. The molecule has 0 radical (unpaired) electrons. The van der Waals surface area contributed by atoms with Crippen LogP contribution in [0.1, 0.15) is 37.8 Å². The summed E-state index contributed by atoms with van der Waals surface area (Å²) in [6.07, 6.45) is 5.99. The number of hydrogen-bond donors (Lipinski definition) is 1. The second-order valence-corrected chi connectivity index (χ2v) is 8.19. The maximum atomic E-state index is 11.2. The summed E-state index contributed by atoms with van der Waals surface area (Å²) in [5.74, 6) is 0.264. The smallest absolute Gasteiger partial charge is 0.147 e. The van der Waals surface area contributed by atoms with Crippen molar-refractivity contribution in [3.05, 3.63) is 29.8 Å². The number of nitrogens with one attached hydrogen (secondary N) is 1. The van der Waals surface area contributed by atoms with Gasteiger partial charge < -0.3 is 5.32 Å². The lowest BCUT2D eigenvalue weighted by molar-refractivity contribution is 0.492. The minimum atomic E-state index is -2.86. The first-order valence-corrected chi connectivity index (χ1v) is 10.3. The highest BCUT2D eigenvalue weighted by atomic mass is 32.2. The third kappa shape index (κ3) is 6.77. The molecule has 1 unspecified atom stereocenters. The predicted octanol–water partition coefficient (Wildman–Crippen LogP) is 3.27. The largest absolute Gasteiger partial charge is 0.310 e. The average Bonchev–Trinajstić information content (AvgIpc) is 2.41. The van der Waals surface area contributed by atoms with Crippen LogP contribution in [-0.2, 0) is 9.84 Å². The minimum absolute atomic E-state index is 0.243. The summed E-state index contributed by atoms with van der Waals surface area (Å²) in [6, 6.07) is 8.76. The topological polar surface area (TPSA) is 46.2 Å². The molecule has 1 N–H and O–H groups in total. The van der Waals surface area contributed by atoms with Crippen LogP contribution in [0, 0.1) is 0 Å². The van der Waals surface area contributed by atoms with Gasteiger partial charge in [0.2, 0.25) is 0 Å². The Balaban J connectivity index is 2.66. The first-order valence-electron chi connectivity index (χ1n) is 7.01. The van der Waals surface area contributed by atoms with E-state index in [1.54, 1.807) is 11.8 Å². The van der Waals surface area contributed by atoms with Gasteiger partial charge in [0.15, 0.2) is 0 Å². The van der Waals surface area contributed by atoms with Crippen LogP contribution in [0.3, 0.4) is 0 Å². The van der Waals surface area contributed by atoms with E-state index in [9.17, 15) is 8.42 Å². The van der Waals surface area contributed by atoms with Gasteiger partial charge in [0.25, 0.3) is 0 Å². The van der Waals surface area contributed by atoms with Crippen molar-refractivity contribution in [3.63, 3.8) is 0 Å². The van der Waals surface area contributed by atoms with Gasteiger partial charge in [0, 0.05) is 22.9 Å². The molecule has 0 bridgehead atoms. The molecular weight excluding hydrogens is 290 g/mol. The zero-order valence-corrected chi connectivity index (χ0v) is 14.2. The average molecular weight is 316 g/mol. The fourth-order valence-corrected chi connectivity index (χ4v) is 3.19. The summed E-state index contributed by atoms with van der Waals surface area (Å²) in [6.45, 7) is 3.09. The van der Waals surface area contributed by atoms with E-state index >= 15 is 0 Å². The van der Waals surface area contributed by atoms with E-state index in [2.05, 4.69) is 42.8 Å². The zero-order chi connectivity index (χ0) is 15.0. The molecule has 0 amide bonds. The Morgan fingerprint density at radius 1 is 1.25 bits per heavy atom. The van der Waals surface area contributed by atoms with E-state index < -0.39 is 9.84 Å². The maximum Gasteiger partial charge on any atom is 0.147 e. The molecule has 1 aromatic carbocycles. The quantitative estimate of drug-likeness (QED) is 0.710. The lowest BCUT2D eigenvalue weighted by Gasteiger charge is -2.19. The van der Waals surface area contributed by atoms with Crippen molar-refractivity contribution >= 4 is 21.6 Å². The molecule has 1 aromatic rings. The van der Waals surface area contributed by atoms with Crippen LogP contribution in [-0.4, -0.2) is 33.2 Å². The molecule has 0 spiro atoms. The Hall–Kier alpha value is -0.520. The highest BCUT2D eigenvalue weighted by Gasteiger charge is 2.12. The fourth-order valence-electron chi connectivity index (χ4n) is 2.09. The predicted molar refractivity (Wildman–Crippen MR) is 88.2 cm³/mol. The third-order valence-corrected chi connectivity index (χ3v) is 4.94. The van der Waals surface area contributed by atoms with Crippen LogP contribution in [0.2, 0.25) is 0 Å². The molecule has 0 aliphatic rings. The molecule has 114 valence electrons. The van der Waals surface area contributed by atoms with E-state index in [1.165, 1.54) is 16.7 Å². The van der Waals surface area contributed by atoms with Crippen LogP contribution in [0.15, 0.2) is 29.2 Å². The molecule has 0 aromatic heterocycles. The van der Waals surface area contributed by atoms with Gasteiger partial charge in [0.05, 0.1) is 0 Å². The van der Waals surface area contributed by atoms with Gasteiger partial charge in [-0.05, 0) is 49.8 Å². The highest BCUT2D eigenvalue weighted by Crippen LogP contribution is 2.22. The Labute approximate surface area is 127 Å². The monoisotopic (exact) mass is 315 g/mol. The van der Waals surface area contributed by atoms with Crippen molar-refractivity contribution in [1.29, 1.82) is 0 Å². The standard InChI is InChI=1S/C15H25NO2S2/c1-4-11-16-15(6-5-12-20(3,17)18)13-7-9-14(19-2)10-8-13/h7-10,15-16H,4-6,11-12H2,1-3H3. The number of benzene rings is 1. The molecule has 0 fully saturated rings. The van der Waals surface area contributed by atoms with E-state index in [0.717, 1.165) is 19.4 Å². The second kappa shape index (κ2) is 8.70. The van der Waals surface area contributed by atoms with Crippen LogP contribution in [0.4, 0.5) is 0 Å². The summed E-state index contributed by atoms with van der Waals surface area (Å²) in [5.41, 5.74) is 1.24. The molecule has 0 aliphatic carbocycles. The van der Waals surface area contributed by atoms with E-state index in [4.69, 9.17) is 0 Å². The van der Waals surface area contributed by atoms with Crippen molar-refractivity contribution in [2.75, 3.05) is 24.8 Å². The molecule has 5 heteroatoms. The molecule has 0 saturated heterocycles. The first kappa shape index (κ1) is 17.5. The van der Waals surface area contributed by atoms with E-state index in [1.807, 2.05) is 0 Å². The Kier molecular flexibility index (Phi) is 7.62. The van der Waals surface area contributed by atoms with Crippen molar-refractivity contribution in [3.8, 4) is 0 Å². The SMILES string of the molecule is CCCNC(CCCS(C)(=O)=O)c1ccc(SC)cc1. The van der Waals surface area contributed by atoms with E-state index in [-0.39, 0.29) is 11.8 Å². The molecule has 1 rings (SSSR count). The second-order valence-electron chi connectivity index (χ2n) is 5.05. The zero-order valence-electron chi connectivity index (χ0n) is 12.6. The van der Waals surface area contributed by atoms with Gasteiger partial charge in [-0.25, -0.2) is 8.42 Å². The lowest BCUT2D eigenvalue weighted by Crippen LogP contribution is -2.22.